The van der Waals surface area contributed by atoms with E-state index in [1.807, 2.05) is 38.1 Å². The fourth-order valence-electron chi connectivity index (χ4n) is 1.52. The summed E-state index contributed by atoms with van der Waals surface area (Å²) in [6.07, 6.45) is 0. The van der Waals surface area contributed by atoms with Gasteiger partial charge in [-0.1, -0.05) is 24.3 Å². The van der Waals surface area contributed by atoms with Gasteiger partial charge in [-0.3, -0.25) is 4.79 Å². The predicted molar refractivity (Wildman–Crippen MR) is 64.0 cm³/mol. The summed E-state index contributed by atoms with van der Waals surface area (Å²) in [7, 11) is 0. The molecule has 0 aliphatic carbocycles. The quantitative estimate of drug-likeness (QED) is 0.819. The predicted octanol–water partition coefficient (Wildman–Crippen LogP) is 1.94. The van der Waals surface area contributed by atoms with Gasteiger partial charge in [-0.2, -0.15) is 0 Å². The zero-order valence-corrected chi connectivity index (χ0v) is 10.2. The maximum absolute atomic E-state index is 11.6. The van der Waals surface area contributed by atoms with E-state index in [9.17, 15) is 9.90 Å². The molecule has 1 aromatic carbocycles. The number of carbonyl (C=O) groups excluding carboxylic acids is 1. The van der Waals surface area contributed by atoms with Crippen LogP contribution in [0.1, 0.15) is 37.9 Å². The normalized spacial score (nSPS) is 13.3. The number of carbonyl (C=O) groups is 1. The monoisotopic (exact) mass is 221 g/mol. The first kappa shape index (κ1) is 12.7. The summed E-state index contributed by atoms with van der Waals surface area (Å²) in [5, 5.41) is 12.3. The van der Waals surface area contributed by atoms with Crippen molar-refractivity contribution in [2.24, 2.45) is 0 Å². The number of aliphatic hydroxyl groups is 1. The Bertz CT molecular complexity index is 380. The van der Waals surface area contributed by atoms with E-state index < -0.39 is 5.60 Å². The topological polar surface area (TPSA) is 49.3 Å². The number of nitrogens with one attached hydrogen (secondary N) is 1. The van der Waals surface area contributed by atoms with E-state index in [1.165, 1.54) is 13.8 Å². The first-order chi connectivity index (χ1) is 7.32. The highest BCUT2D eigenvalue weighted by Gasteiger charge is 2.25. The van der Waals surface area contributed by atoms with Crippen molar-refractivity contribution in [3.63, 3.8) is 0 Å². The lowest BCUT2D eigenvalue weighted by Crippen LogP contribution is -2.43. The summed E-state index contributed by atoms with van der Waals surface area (Å²) in [4.78, 5) is 11.6. The third-order valence-electron chi connectivity index (χ3n) is 2.56. The van der Waals surface area contributed by atoms with Crippen LogP contribution >= 0.6 is 0 Å². The van der Waals surface area contributed by atoms with Gasteiger partial charge < -0.3 is 10.4 Å². The minimum atomic E-state index is -1.34. The van der Waals surface area contributed by atoms with Crippen LogP contribution in [0.2, 0.25) is 0 Å². The van der Waals surface area contributed by atoms with Crippen LogP contribution in [0.15, 0.2) is 24.3 Å². The van der Waals surface area contributed by atoms with E-state index >= 15 is 0 Å². The largest absolute Gasteiger partial charge is 0.381 e. The first-order valence-electron chi connectivity index (χ1n) is 5.41. The second-order valence-electron chi connectivity index (χ2n) is 4.61. The van der Waals surface area contributed by atoms with Crippen molar-refractivity contribution in [2.75, 3.05) is 0 Å². The molecule has 0 saturated heterocycles. The number of hydrogen-bond acceptors (Lipinski definition) is 2. The SMILES string of the molecule is Cc1ccccc1C(C)NC(=O)C(C)(C)O. The van der Waals surface area contributed by atoms with Crippen molar-refractivity contribution >= 4 is 5.91 Å². The fourth-order valence-corrected chi connectivity index (χ4v) is 1.52. The van der Waals surface area contributed by atoms with Crippen LogP contribution in [0.3, 0.4) is 0 Å². The second kappa shape index (κ2) is 4.66. The van der Waals surface area contributed by atoms with Gasteiger partial charge in [0.05, 0.1) is 6.04 Å². The summed E-state index contributed by atoms with van der Waals surface area (Å²) >= 11 is 0. The van der Waals surface area contributed by atoms with Gasteiger partial charge >= 0.3 is 0 Å². The van der Waals surface area contributed by atoms with Crippen molar-refractivity contribution in [1.82, 2.24) is 5.32 Å². The molecule has 3 nitrogen and oxygen atoms in total. The van der Waals surface area contributed by atoms with Crippen molar-refractivity contribution < 1.29 is 9.90 Å². The Labute approximate surface area is 96.5 Å². The average Bonchev–Trinajstić information content (AvgIpc) is 2.16. The molecule has 0 radical (unpaired) electrons. The molecule has 0 spiro atoms. The molecule has 0 saturated carbocycles. The van der Waals surface area contributed by atoms with Crippen LogP contribution in [0.25, 0.3) is 0 Å². The Morgan fingerprint density at radius 1 is 1.38 bits per heavy atom. The molecule has 1 amide bonds. The van der Waals surface area contributed by atoms with Gasteiger partial charge in [-0.05, 0) is 38.8 Å². The van der Waals surface area contributed by atoms with E-state index in [0.29, 0.717) is 0 Å². The standard InChI is InChI=1S/C13H19NO2/c1-9-7-5-6-8-11(9)10(2)14-12(15)13(3,4)16/h5-8,10,16H,1-4H3,(H,14,15). The second-order valence-corrected chi connectivity index (χ2v) is 4.61. The minimum absolute atomic E-state index is 0.0971. The molecule has 0 fully saturated rings. The summed E-state index contributed by atoms with van der Waals surface area (Å²) < 4.78 is 0. The van der Waals surface area contributed by atoms with Crippen molar-refractivity contribution in [2.45, 2.75) is 39.3 Å². The zero-order valence-electron chi connectivity index (χ0n) is 10.2. The lowest BCUT2D eigenvalue weighted by Gasteiger charge is -2.22. The van der Waals surface area contributed by atoms with Crippen molar-refractivity contribution in [1.29, 1.82) is 0 Å². The Kier molecular flexibility index (Phi) is 3.70. The third kappa shape index (κ3) is 3.07. The number of benzene rings is 1. The van der Waals surface area contributed by atoms with E-state index in [4.69, 9.17) is 0 Å². The molecule has 0 aliphatic rings. The molecule has 0 heterocycles. The smallest absolute Gasteiger partial charge is 0.251 e. The fraction of sp³-hybridized carbons (Fsp3) is 0.462. The lowest BCUT2D eigenvalue weighted by atomic mass is 10.0. The number of amides is 1. The number of aryl methyl sites for hydroxylation is 1. The van der Waals surface area contributed by atoms with E-state index in [0.717, 1.165) is 11.1 Å². The van der Waals surface area contributed by atoms with E-state index in [-0.39, 0.29) is 11.9 Å². The summed E-state index contributed by atoms with van der Waals surface area (Å²) in [6, 6.07) is 7.78. The molecule has 1 atom stereocenters. The summed E-state index contributed by atoms with van der Waals surface area (Å²) in [6.45, 7) is 6.87. The number of hydrogen-bond donors (Lipinski definition) is 2. The van der Waals surface area contributed by atoms with Gasteiger partial charge in [0.1, 0.15) is 5.60 Å². The maximum Gasteiger partial charge on any atom is 0.251 e. The minimum Gasteiger partial charge on any atom is -0.381 e. The van der Waals surface area contributed by atoms with Crippen LogP contribution in [0.5, 0.6) is 0 Å². The molecule has 16 heavy (non-hydrogen) atoms. The summed E-state index contributed by atoms with van der Waals surface area (Å²) in [5.41, 5.74) is 0.864. The summed E-state index contributed by atoms with van der Waals surface area (Å²) in [5.74, 6) is -0.358. The van der Waals surface area contributed by atoms with Crippen LogP contribution in [-0.4, -0.2) is 16.6 Å². The van der Waals surface area contributed by atoms with Gasteiger partial charge in [0.25, 0.3) is 5.91 Å². The number of rotatable bonds is 3. The Balaban J connectivity index is 2.78. The molecule has 0 bridgehead atoms. The highest BCUT2D eigenvalue weighted by atomic mass is 16.3. The Morgan fingerprint density at radius 2 is 1.94 bits per heavy atom. The van der Waals surface area contributed by atoms with Gasteiger partial charge in [-0.25, -0.2) is 0 Å². The molecule has 2 N–H and O–H groups in total. The molecule has 0 aliphatic heterocycles. The van der Waals surface area contributed by atoms with Crippen LogP contribution in [0.4, 0.5) is 0 Å². The molecular weight excluding hydrogens is 202 g/mol. The van der Waals surface area contributed by atoms with Gasteiger partial charge in [0.2, 0.25) is 0 Å². The van der Waals surface area contributed by atoms with E-state index in [1.54, 1.807) is 0 Å². The molecule has 1 unspecified atom stereocenters. The molecule has 1 rings (SSSR count). The molecular formula is C13H19NO2. The van der Waals surface area contributed by atoms with Crippen LogP contribution in [0, 0.1) is 6.92 Å². The maximum atomic E-state index is 11.6. The highest BCUT2D eigenvalue weighted by molar-refractivity contribution is 5.84. The third-order valence-corrected chi connectivity index (χ3v) is 2.56. The molecule has 1 aromatic rings. The van der Waals surface area contributed by atoms with Gasteiger partial charge in [-0.15, -0.1) is 0 Å². The highest BCUT2D eigenvalue weighted by Crippen LogP contribution is 2.17. The van der Waals surface area contributed by atoms with Gasteiger partial charge in [0, 0.05) is 0 Å². The van der Waals surface area contributed by atoms with Crippen molar-refractivity contribution in [3.05, 3.63) is 35.4 Å². The Morgan fingerprint density at radius 3 is 2.44 bits per heavy atom. The molecule has 88 valence electrons. The van der Waals surface area contributed by atoms with Gasteiger partial charge in [0.15, 0.2) is 0 Å². The van der Waals surface area contributed by atoms with E-state index in [2.05, 4.69) is 5.32 Å². The van der Waals surface area contributed by atoms with Crippen LogP contribution < -0.4 is 5.32 Å². The molecule has 3 heteroatoms. The molecule has 0 aromatic heterocycles. The Hall–Kier alpha value is -1.35. The zero-order chi connectivity index (χ0) is 12.3. The first-order valence-corrected chi connectivity index (χ1v) is 5.41. The van der Waals surface area contributed by atoms with Crippen molar-refractivity contribution in [3.8, 4) is 0 Å². The van der Waals surface area contributed by atoms with Crippen LogP contribution in [-0.2, 0) is 4.79 Å². The average molecular weight is 221 g/mol. The lowest BCUT2D eigenvalue weighted by molar-refractivity contribution is -0.137.